The highest BCUT2D eigenvalue weighted by Crippen LogP contribution is 2.30. The van der Waals surface area contributed by atoms with E-state index in [9.17, 15) is 9.59 Å². The van der Waals surface area contributed by atoms with Crippen molar-refractivity contribution in [2.45, 2.75) is 32.3 Å². The van der Waals surface area contributed by atoms with Gasteiger partial charge in [0, 0.05) is 23.9 Å². The number of benzene rings is 2. The third-order valence-corrected chi connectivity index (χ3v) is 5.75. The Morgan fingerprint density at radius 2 is 1.96 bits per heavy atom. The van der Waals surface area contributed by atoms with Crippen molar-refractivity contribution in [3.8, 4) is 0 Å². The maximum absolute atomic E-state index is 12.8. The third-order valence-electron chi connectivity index (χ3n) is 4.84. The van der Waals surface area contributed by atoms with Crippen molar-refractivity contribution in [1.29, 1.82) is 0 Å². The molecule has 4 rings (SSSR count). The largest absolute Gasteiger partial charge is 0.445 e. The molecule has 2 aromatic carbocycles. The van der Waals surface area contributed by atoms with Crippen LogP contribution in [0, 0.1) is 6.92 Å². The highest BCUT2D eigenvalue weighted by atomic mass is 32.1. The van der Waals surface area contributed by atoms with E-state index in [0.717, 1.165) is 16.9 Å². The molecule has 1 aromatic heterocycles. The number of amides is 1. The van der Waals surface area contributed by atoms with Crippen LogP contribution in [0.5, 0.6) is 0 Å². The van der Waals surface area contributed by atoms with Crippen LogP contribution in [-0.2, 0) is 22.4 Å². The molecule has 6 heteroatoms. The van der Waals surface area contributed by atoms with Gasteiger partial charge in [0.2, 0.25) is 0 Å². The Labute approximate surface area is 167 Å². The van der Waals surface area contributed by atoms with Crippen LogP contribution in [0.25, 0.3) is 0 Å². The van der Waals surface area contributed by atoms with Gasteiger partial charge in [0.25, 0.3) is 5.91 Å². The highest BCUT2D eigenvalue weighted by Gasteiger charge is 2.42. The van der Waals surface area contributed by atoms with Crippen LogP contribution >= 0.6 is 11.3 Å². The van der Waals surface area contributed by atoms with Gasteiger partial charge in [-0.3, -0.25) is 10.1 Å². The first-order valence-electron chi connectivity index (χ1n) is 9.06. The lowest BCUT2D eigenvalue weighted by Gasteiger charge is -2.32. The summed E-state index contributed by atoms with van der Waals surface area (Å²) in [4.78, 5) is 30.5. The van der Waals surface area contributed by atoms with Gasteiger partial charge in [-0.1, -0.05) is 48.0 Å². The number of fused-ring (bicyclic) bond motifs is 1. The molecule has 1 atom stereocenters. The zero-order valence-electron chi connectivity index (χ0n) is 15.7. The Kier molecular flexibility index (Phi) is 4.73. The monoisotopic (exact) mass is 392 g/mol. The molecule has 5 nitrogen and oxygen atoms in total. The summed E-state index contributed by atoms with van der Waals surface area (Å²) in [7, 11) is 0. The maximum atomic E-state index is 12.8. The fourth-order valence-electron chi connectivity index (χ4n) is 3.24. The van der Waals surface area contributed by atoms with E-state index < -0.39 is 11.6 Å². The molecule has 0 saturated heterocycles. The van der Waals surface area contributed by atoms with Gasteiger partial charge in [0.05, 0.1) is 5.56 Å². The topological polar surface area (TPSA) is 68.3 Å². The van der Waals surface area contributed by atoms with Gasteiger partial charge < -0.3 is 4.74 Å². The van der Waals surface area contributed by atoms with Gasteiger partial charge >= 0.3 is 5.97 Å². The minimum atomic E-state index is -1.26. The third kappa shape index (κ3) is 3.68. The number of hydrogen-bond acceptors (Lipinski definition) is 5. The van der Waals surface area contributed by atoms with Crippen LogP contribution in [-0.4, -0.2) is 22.5 Å². The normalized spacial score (nSPS) is 18.3. The molecule has 1 N–H and O–H groups in total. The SMILES string of the molecule is Cc1ccc(Cc2cnc(NC(=O)[C@]3(C)Cc4ccccc4C(=O)O3)s2)cc1. The van der Waals surface area contributed by atoms with Gasteiger partial charge in [0.1, 0.15) is 0 Å². The summed E-state index contributed by atoms with van der Waals surface area (Å²) >= 11 is 1.43. The molecule has 0 radical (unpaired) electrons. The lowest BCUT2D eigenvalue weighted by atomic mass is 9.89. The summed E-state index contributed by atoms with van der Waals surface area (Å²) < 4.78 is 5.47. The molecular formula is C22H20N2O3S. The minimum absolute atomic E-state index is 0.336. The quantitative estimate of drug-likeness (QED) is 0.677. The average Bonchev–Trinajstić information content (AvgIpc) is 3.10. The predicted octanol–water partition coefficient (Wildman–Crippen LogP) is 4.15. The number of cyclic esters (lactones) is 1. The van der Waals surface area contributed by atoms with E-state index in [0.29, 0.717) is 17.1 Å². The van der Waals surface area contributed by atoms with Crippen LogP contribution in [0.3, 0.4) is 0 Å². The van der Waals surface area contributed by atoms with Crippen LogP contribution in [0.2, 0.25) is 0 Å². The van der Waals surface area contributed by atoms with Crippen LogP contribution in [0.15, 0.2) is 54.7 Å². The summed E-state index contributed by atoms with van der Waals surface area (Å²) in [5.41, 5.74) is 2.49. The number of nitrogens with zero attached hydrogens (tertiary/aromatic N) is 1. The molecule has 0 saturated carbocycles. The summed E-state index contributed by atoms with van der Waals surface area (Å²) in [6.45, 7) is 3.69. The summed E-state index contributed by atoms with van der Waals surface area (Å²) in [6, 6.07) is 15.5. The van der Waals surface area contributed by atoms with E-state index in [4.69, 9.17) is 4.74 Å². The Morgan fingerprint density at radius 3 is 2.75 bits per heavy atom. The lowest BCUT2D eigenvalue weighted by molar-refractivity contribution is -0.134. The standard InChI is InChI=1S/C22H20N2O3S/c1-14-7-9-15(10-8-14)11-17-13-23-21(28-17)24-20(26)22(2)12-16-5-3-4-6-18(16)19(25)27-22/h3-10,13H,11-12H2,1-2H3,(H,23,24,26)/t22-/m0/s1. The van der Waals surface area contributed by atoms with E-state index in [1.54, 1.807) is 25.3 Å². The summed E-state index contributed by atoms with van der Waals surface area (Å²) in [6.07, 6.45) is 2.86. The smallest absolute Gasteiger partial charge is 0.339 e. The molecule has 0 bridgehead atoms. The van der Waals surface area contributed by atoms with Crippen molar-refractivity contribution in [3.05, 3.63) is 81.9 Å². The predicted molar refractivity (Wildman–Crippen MR) is 109 cm³/mol. The molecule has 0 aliphatic carbocycles. The number of nitrogens with one attached hydrogen (secondary N) is 1. The molecule has 3 aromatic rings. The molecule has 1 aliphatic rings. The highest BCUT2D eigenvalue weighted by molar-refractivity contribution is 7.15. The molecule has 0 unspecified atom stereocenters. The fraction of sp³-hybridized carbons (Fsp3) is 0.227. The zero-order valence-corrected chi connectivity index (χ0v) is 16.5. The van der Waals surface area contributed by atoms with Gasteiger partial charge in [0.15, 0.2) is 10.7 Å². The molecule has 1 amide bonds. The Morgan fingerprint density at radius 1 is 1.21 bits per heavy atom. The molecule has 142 valence electrons. The average molecular weight is 392 g/mol. The van der Waals surface area contributed by atoms with Gasteiger partial charge in [-0.25, -0.2) is 9.78 Å². The summed E-state index contributed by atoms with van der Waals surface area (Å²) in [5.74, 6) is -0.842. The number of aryl methyl sites for hydroxylation is 1. The molecule has 2 heterocycles. The van der Waals surface area contributed by atoms with Crippen LogP contribution in [0.4, 0.5) is 5.13 Å². The van der Waals surface area contributed by atoms with E-state index in [1.165, 1.54) is 22.5 Å². The first kappa shape index (κ1) is 18.4. The Hall–Kier alpha value is -2.99. The maximum Gasteiger partial charge on any atom is 0.339 e. The second kappa shape index (κ2) is 7.20. The molecule has 0 fully saturated rings. The van der Waals surface area contributed by atoms with E-state index in [2.05, 4.69) is 41.5 Å². The molecule has 0 spiro atoms. The van der Waals surface area contributed by atoms with Crippen molar-refractivity contribution in [1.82, 2.24) is 4.98 Å². The number of carbonyl (C=O) groups is 2. The van der Waals surface area contributed by atoms with Crippen LogP contribution < -0.4 is 5.32 Å². The van der Waals surface area contributed by atoms with Crippen molar-refractivity contribution in [2.75, 3.05) is 5.32 Å². The number of ether oxygens (including phenoxy) is 1. The second-order valence-electron chi connectivity index (χ2n) is 7.20. The number of aromatic nitrogens is 1. The van der Waals surface area contributed by atoms with Crippen molar-refractivity contribution in [2.24, 2.45) is 0 Å². The summed E-state index contributed by atoms with van der Waals surface area (Å²) in [5, 5.41) is 3.31. The van der Waals surface area contributed by atoms with E-state index >= 15 is 0 Å². The zero-order chi connectivity index (χ0) is 19.7. The number of carbonyl (C=O) groups excluding carboxylic acids is 2. The lowest BCUT2D eigenvalue weighted by Crippen LogP contribution is -2.48. The molecular weight excluding hydrogens is 372 g/mol. The number of anilines is 1. The fourth-order valence-corrected chi connectivity index (χ4v) is 4.08. The number of hydrogen-bond donors (Lipinski definition) is 1. The van der Waals surface area contributed by atoms with Crippen molar-refractivity contribution >= 4 is 28.3 Å². The van der Waals surface area contributed by atoms with Gasteiger partial charge in [-0.2, -0.15) is 0 Å². The molecule has 1 aliphatic heterocycles. The number of rotatable bonds is 4. The van der Waals surface area contributed by atoms with E-state index in [1.807, 2.05) is 12.1 Å². The van der Waals surface area contributed by atoms with Crippen molar-refractivity contribution in [3.63, 3.8) is 0 Å². The Balaban J connectivity index is 1.46. The van der Waals surface area contributed by atoms with Crippen LogP contribution in [0.1, 0.15) is 38.8 Å². The number of esters is 1. The van der Waals surface area contributed by atoms with Crippen molar-refractivity contribution < 1.29 is 14.3 Å². The first-order valence-corrected chi connectivity index (χ1v) is 9.87. The van der Waals surface area contributed by atoms with E-state index in [-0.39, 0.29) is 5.91 Å². The first-order chi connectivity index (χ1) is 13.4. The Bertz CT molecular complexity index is 1040. The minimum Gasteiger partial charge on any atom is -0.445 e. The number of thiazole rings is 1. The van der Waals surface area contributed by atoms with Gasteiger partial charge in [-0.05, 0) is 31.0 Å². The van der Waals surface area contributed by atoms with Gasteiger partial charge in [-0.15, -0.1) is 11.3 Å². The second-order valence-corrected chi connectivity index (χ2v) is 8.32. The molecule has 28 heavy (non-hydrogen) atoms.